The Morgan fingerprint density at radius 1 is 0.431 bits per heavy atom. The van der Waals surface area contributed by atoms with E-state index in [1.54, 1.807) is 12.1 Å². The minimum atomic E-state index is -0.315. The maximum atomic E-state index is 10.3. The van der Waals surface area contributed by atoms with Crippen molar-refractivity contribution < 1.29 is 0 Å². The van der Waals surface area contributed by atoms with E-state index in [9.17, 15) is 10.5 Å². The molecule has 0 radical (unpaired) electrons. The van der Waals surface area contributed by atoms with Crippen molar-refractivity contribution in [1.29, 1.82) is 10.5 Å². The van der Waals surface area contributed by atoms with Crippen LogP contribution in [-0.4, -0.2) is 0 Å². The van der Waals surface area contributed by atoms with Crippen molar-refractivity contribution in [2.24, 2.45) is 0 Å². The lowest BCUT2D eigenvalue weighted by Crippen LogP contribution is -2.31. The predicted molar refractivity (Wildman–Crippen MR) is 233 cm³/mol. The van der Waals surface area contributed by atoms with Crippen LogP contribution in [-0.2, 0) is 10.8 Å². The molecule has 0 bridgehead atoms. The van der Waals surface area contributed by atoms with E-state index in [4.69, 9.17) is 13.1 Å². The molecule has 7 aromatic carbocycles. The minimum Gasteiger partial charge on any atom is -0.309 e. The second kappa shape index (κ2) is 13.4. The first-order valence-electron chi connectivity index (χ1n) is 19.1. The molecule has 2 aliphatic heterocycles. The van der Waals surface area contributed by atoms with E-state index in [0.717, 1.165) is 78.6 Å². The van der Waals surface area contributed by atoms with Crippen molar-refractivity contribution in [3.8, 4) is 34.4 Å². The average molecular weight is 745 g/mol. The number of nitriles is 2. The van der Waals surface area contributed by atoms with E-state index >= 15 is 0 Å². The van der Waals surface area contributed by atoms with Crippen LogP contribution < -0.4 is 9.80 Å². The quantitative estimate of drug-likeness (QED) is 0.168. The van der Waals surface area contributed by atoms with Gasteiger partial charge < -0.3 is 9.80 Å². The molecule has 9 rings (SSSR count). The third kappa shape index (κ3) is 5.44. The molecule has 6 nitrogen and oxygen atoms in total. The van der Waals surface area contributed by atoms with Crippen LogP contribution in [0.25, 0.3) is 31.9 Å². The molecule has 0 spiro atoms. The first kappa shape index (κ1) is 35.8. The summed E-state index contributed by atoms with van der Waals surface area (Å²) >= 11 is 0. The van der Waals surface area contributed by atoms with Gasteiger partial charge in [0.15, 0.2) is 11.4 Å². The van der Waals surface area contributed by atoms with Crippen molar-refractivity contribution in [1.82, 2.24) is 0 Å². The van der Waals surface area contributed by atoms with E-state index in [-0.39, 0.29) is 10.8 Å². The average Bonchev–Trinajstić information content (AvgIpc) is 3.26. The molecule has 2 aliphatic rings. The van der Waals surface area contributed by atoms with Crippen molar-refractivity contribution >= 4 is 45.5 Å². The van der Waals surface area contributed by atoms with Gasteiger partial charge in [-0.3, -0.25) is 0 Å². The molecular weight excluding hydrogens is 709 g/mol. The number of anilines is 6. The van der Waals surface area contributed by atoms with Crippen molar-refractivity contribution in [2.45, 2.75) is 38.5 Å². The zero-order chi connectivity index (χ0) is 40.3. The molecule has 0 fully saturated rings. The SMILES string of the molecule is [C-]#[N+]c1cc(C#N)cc(-c2cc(N3c4ccccc4C(C)(C)c4ccccc43)c(-c3cc(C#N)cc([N+]#[C-])c3)cc2N2c3ccccc3C(C)(C)c3ccccc32)c1. The third-order valence-corrected chi connectivity index (χ3v) is 11.8. The fourth-order valence-corrected chi connectivity index (χ4v) is 9.06. The van der Waals surface area contributed by atoms with E-state index in [1.165, 1.54) is 0 Å². The highest BCUT2D eigenvalue weighted by molar-refractivity contribution is 6.02. The molecule has 0 aliphatic carbocycles. The van der Waals surface area contributed by atoms with Crippen LogP contribution in [0.15, 0.2) is 146 Å². The van der Waals surface area contributed by atoms with Gasteiger partial charge in [-0.15, -0.1) is 0 Å². The standard InChI is InChI=1S/C52H36N6/c1-51(2)41-15-7-11-19-45(41)57(46-20-12-8-16-42(46)51)49-29-40(36-24-34(32-54)26-38(28-36)56-6)50(30-39(49)35-23-33(31-53)25-37(27-35)55-5)58-47-21-13-9-17-43(47)52(3,4)44-18-10-14-22-48(44)58/h7-30H,1-4H3. The monoisotopic (exact) mass is 744 g/mol. The highest BCUT2D eigenvalue weighted by Gasteiger charge is 2.40. The summed E-state index contributed by atoms with van der Waals surface area (Å²) in [6, 6.07) is 53.5. The lowest BCUT2D eigenvalue weighted by Gasteiger charge is -2.44. The summed E-state index contributed by atoms with van der Waals surface area (Å²) in [5, 5.41) is 20.5. The van der Waals surface area contributed by atoms with Gasteiger partial charge in [0.2, 0.25) is 0 Å². The number of benzene rings is 7. The molecule has 0 amide bonds. The Kier molecular flexibility index (Phi) is 8.26. The third-order valence-electron chi connectivity index (χ3n) is 11.8. The smallest absolute Gasteiger partial charge is 0.189 e. The summed E-state index contributed by atoms with van der Waals surface area (Å²) in [5.41, 5.74) is 14.2. The summed E-state index contributed by atoms with van der Waals surface area (Å²) in [6.45, 7) is 25.1. The van der Waals surface area contributed by atoms with Crippen LogP contribution in [0, 0.1) is 35.8 Å². The van der Waals surface area contributed by atoms with Crippen molar-refractivity contribution in [3.63, 3.8) is 0 Å². The summed E-state index contributed by atoms with van der Waals surface area (Å²) in [6.07, 6.45) is 0. The summed E-state index contributed by atoms with van der Waals surface area (Å²) in [7, 11) is 0. The second-order valence-electron chi connectivity index (χ2n) is 15.9. The van der Waals surface area contributed by atoms with Crippen LogP contribution in [0.2, 0.25) is 0 Å². The molecule has 7 aromatic rings. The number of hydrogen-bond donors (Lipinski definition) is 0. The molecule has 0 atom stereocenters. The van der Waals surface area contributed by atoms with Crippen LogP contribution in [0.4, 0.5) is 45.5 Å². The Bertz CT molecular complexity index is 2660. The zero-order valence-electron chi connectivity index (χ0n) is 32.5. The maximum Gasteiger partial charge on any atom is 0.189 e. The molecule has 2 heterocycles. The molecule has 0 saturated carbocycles. The second-order valence-corrected chi connectivity index (χ2v) is 15.9. The number of hydrogen-bond acceptors (Lipinski definition) is 4. The van der Waals surface area contributed by atoms with Crippen LogP contribution in [0.5, 0.6) is 0 Å². The summed E-state index contributed by atoms with van der Waals surface area (Å²) in [4.78, 5) is 12.2. The molecule has 0 unspecified atom stereocenters. The Morgan fingerprint density at radius 2 is 0.741 bits per heavy atom. The van der Waals surface area contributed by atoms with E-state index in [2.05, 4.69) is 169 Å². The number of fused-ring (bicyclic) bond motifs is 4. The maximum absolute atomic E-state index is 10.3. The fraction of sp³-hybridized carbons (Fsp3) is 0.115. The van der Waals surface area contributed by atoms with Crippen molar-refractivity contribution in [2.75, 3.05) is 9.80 Å². The van der Waals surface area contributed by atoms with Crippen molar-refractivity contribution in [3.05, 3.63) is 202 Å². The minimum absolute atomic E-state index is 0.315. The summed E-state index contributed by atoms with van der Waals surface area (Å²) in [5.74, 6) is 0. The molecule has 274 valence electrons. The Balaban J connectivity index is 1.48. The van der Waals surface area contributed by atoms with Gasteiger partial charge in [-0.2, -0.15) is 10.5 Å². The Labute approximate surface area is 339 Å². The Hall–Kier alpha value is -7.90. The van der Waals surface area contributed by atoms with Crippen LogP contribution in [0.3, 0.4) is 0 Å². The molecule has 0 saturated heterocycles. The highest BCUT2D eigenvalue weighted by Crippen LogP contribution is 2.58. The first-order chi connectivity index (χ1) is 28.1. The molecule has 0 N–H and O–H groups in total. The van der Waals surface area contributed by atoms with Gasteiger partial charge in [0.25, 0.3) is 0 Å². The topological polar surface area (TPSA) is 62.8 Å². The lowest BCUT2D eigenvalue weighted by molar-refractivity contribution is 0.631. The highest BCUT2D eigenvalue weighted by atomic mass is 15.2. The molecule has 6 heteroatoms. The van der Waals surface area contributed by atoms with Gasteiger partial charge in [0.05, 0.1) is 59.4 Å². The lowest BCUT2D eigenvalue weighted by atomic mass is 9.73. The number of nitrogens with zero attached hydrogens (tertiary/aromatic N) is 6. The van der Waals surface area contributed by atoms with Gasteiger partial charge in [-0.05, 0) is 106 Å². The van der Waals surface area contributed by atoms with Crippen LogP contribution in [0.1, 0.15) is 61.1 Å². The normalized spacial score (nSPS) is 14.0. The van der Waals surface area contributed by atoms with Crippen LogP contribution >= 0.6 is 0 Å². The van der Waals surface area contributed by atoms with E-state index in [0.29, 0.717) is 22.5 Å². The number of para-hydroxylation sites is 4. The number of rotatable bonds is 4. The largest absolute Gasteiger partial charge is 0.309 e. The predicted octanol–water partition coefficient (Wildman–Crippen LogP) is 14.1. The first-order valence-corrected chi connectivity index (χ1v) is 19.1. The van der Waals surface area contributed by atoms with Gasteiger partial charge in [-0.1, -0.05) is 100 Å². The van der Waals surface area contributed by atoms with Gasteiger partial charge in [-0.25, -0.2) is 9.69 Å². The van der Waals surface area contributed by atoms with Gasteiger partial charge in [0.1, 0.15) is 0 Å². The molecular formula is C52H36N6. The molecule has 58 heavy (non-hydrogen) atoms. The van der Waals surface area contributed by atoms with E-state index in [1.807, 2.05) is 24.3 Å². The zero-order valence-corrected chi connectivity index (χ0v) is 32.5. The Morgan fingerprint density at radius 3 is 1.03 bits per heavy atom. The fourth-order valence-electron chi connectivity index (χ4n) is 9.06. The van der Waals surface area contributed by atoms with E-state index < -0.39 is 0 Å². The summed E-state index contributed by atoms with van der Waals surface area (Å²) < 4.78 is 0. The molecule has 0 aromatic heterocycles. The van der Waals surface area contributed by atoms with Gasteiger partial charge >= 0.3 is 0 Å². The van der Waals surface area contributed by atoms with Gasteiger partial charge in [0, 0.05) is 33.1 Å².